The van der Waals surface area contributed by atoms with E-state index in [1.165, 1.54) is 0 Å². The minimum absolute atomic E-state index is 0.0281. The monoisotopic (exact) mass is 256 g/mol. The predicted octanol–water partition coefficient (Wildman–Crippen LogP) is 1.86. The number of H-pyrrole nitrogens is 1. The third-order valence-corrected chi connectivity index (χ3v) is 3.50. The first-order valence-corrected chi connectivity index (χ1v) is 6.50. The number of nitrogens with zero attached hydrogens (tertiary/aromatic N) is 1. The number of ether oxygens (including phenoxy) is 1. The third-order valence-electron chi connectivity index (χ3n) is 3.50. The van der Waals surface area contributed by atoms with E-state index in [-0.39, 0.29) is 5.56 Å². The average Bonchev–Trinajstić information content (AvgIpc) is 2.88. The van der Waals surface area contributed by atoms with E-state index in [9.17, 15) is 4.79 Å². The number of fused-ring (bicyclic) bond motifs is 1. The lowest BCUT2D eigenvalue weighted by Gasteiger charge is -2.06. The molecule has 19 heavy (non-hydrogen) atoms. The van der Waals surface area contributed by atoms with Crippen molar-refractivity contribution >= 4 is 0 Å². The summed E-state index contributed by atoms with van der Waals surface area (Å²) in [6.07, 6.45) is 3.44. The van der Waals surface area contributed by atoms with Crippen molar-refractivity contribution in [2.45, 2.75) is 25.7 Å². The molecule has 1 aliphatic rings. The Balaban J connectivity index is 1.91. The summed E-state index contributed by atoms with van der Waals surface area (Å²) < 4.78 is 5.20. The van der Waals surface area contributed by atoms with Gasteiger partial charge in [-0.2, -0.15) is 0 Å². The molecule has 2 aromatic rings. The van der Waals surface area contributed by atoms with Gasteiger partial charge in [-0.25, -0.2) is 4.98 Å². The Morgan fingerprint density at radius 1 is 1.37 bits per heavy atom. The molecule has 1 aromatic heterocycles. The van der Waals surface area contributed by atoms with Crippen LogP contribution in [0.25, 0.3) is 0 Å². The summed E-state index contributed by atoms with van der Waals surface area (Å²) in [5.74, 6) is 1.56. The van der Waals surface area contributed by atoms with Gasteiger partial charge in [-0.1, -0.05) is 12.1 Å². The number of aromatic amines is 1. The van der Waals surface area contributed by atoms with Crippen LogP contribution >= 0.6 is 0 Å². The van der Waals surface area contributed by atoms with E-state index in [0.29, 0.717) is 6.42 Å². The SMILES string of the molecule is COc1cccc(Cc2nc3c(c(=O)[nH]2)CCC3)c1. The maximum absolute atomic E-state index is 11.9. The van der Waals surface area contributed by atoms with Crippen molar-refractivity contribution in [3.8, 4) is 5.75 Å². The molecule has 0 bridgehead atoms. The third kappa shape index (κ3) is 2.38. The summed E-state index contributed by atoms with van der Waals surface area (Å²) >= 11 is 0. The number of hydrogen-bond acceptors (Lipinski definition) is 3. The lowest BCUT2D eigenvalue weighted by atomic mass is 10.1. The number of nitrogens with one attached hydrogen (secondary N) is 1. The largest absolute Gasteiger partial charge is 0.497 e. The summed E-state index contributed by atoms with van der Waals surface area (Å²) in [6, 6.07) is 7.82. The molecule has 0 spiro atoms. The summed E-state index contributed by atoms with van der Waals surface area (Å²) in [4.78, 5) is 19.4. The first-order valence-electron chi connectivity index (χ1n) is 6.50. The lowest BCUT2D eigenvalue weighted by Crippen LogP contribution is -2.17. The standard InChI is InChI=1S/C15H16N2O2/c1-19-11-5-2-4-10(8-11)9-14-16-13-7-3-6-12(13)15(18)17-14/h2,4-5,8H,3,6-7,9H2,1H3,(H,16,17,18). The highest BCUT2D eigenvalue weighted by molar-refractivity contribution is 5.31. The van der Waals surface area contributed by atoms with E-state index in [1.807, 2.05) is 24.3 Å². The van der Waals surface area contributed by atoms with Crippen molar-refractivity contribution in [2.24, 2.45) is 0 Å². The first kappa shape index (κ1) is 12.0. The molecule has 0 amide bonds. The molecule has 0 atom stereocenters. The number of rotatable bonds is 3. The van der Waals surface area contributed by atoms with Crippen molar-refractivity contribution in [2.75, 3.05) is 7.11 Å². The number of aromatic nitrogens is 2. The maximum Gasteiger partial charge on any atom is 0.254 e. The first-order chi connectivity index (χ1) is 9.26. The molecule has 98 valence electrons. The highest BCUT2D eigenvalue weighted by atomic mass is 16.5. The van der Waals surface area contributed by atoms with Crippen LogP contribution in [0.4, 0.5) is 0 Å². The van der Waals surface area contributed by atoms with Gasteiger partial charge in [-0.05, 0) is 37.0 Å². The molecule has 1 heterocycles. The van der Waals surface area contributed by atoms with Gasteiger partial charge in [-0.15, -0.1) is 0 Å². The normalized spacial score (nSPS) is 13.3. The molecule has 0 saturated heterocycles. The van der Waals surface area contributed by atoms with Crippen LogP contribution in [-0.2, 0) is 19.3 Å². The van der Waals surface area contributed by atoms with Crippen molar-refractivity contribution in [1.82, 2.24) is 9.97 Å². The molecule has 0 aliphatic heterocycles. The van der Waals surface area contributed by atoms with E-state index in [4.69, 9.17) is 4.74 Å². The molecule has 0 saturated carbocycles. The van der Waals surface area contributed by atoms with Crippen LogP contribution in [0.2, 0.25) is 0 Å². The highest BCUT2D eigenvalue weighted by Crippen LogP contribution is 2.18. The second-order valence-electron chi connectivity index (χ2n) is 4.82. The van der Waals surface area contributed by atoms with Crippen LogP contribution < -0.4 is 10.3 Å². The van der Waals surface area contributed by atoms with Gasteiger partial charge < -0.3 is 9.72 Å². The van der Waals surface area contributed by atoms with Gasteiger partial charge in [0.2, 0.25) is 0 Å². The maximum atomic E-state index is 11.9. The Kier molecular flexibility index (Phi) is 3.07. The fourth-order valence-corrected chi connectivity index (χ4v) is 2.55. The van der Waals surface area contributed by atoms with Crippen LogP contribution in [0.3, 0.4) is 0 Å². The van der Waals surface area contributed by atoms with Crippen molar-refractivity contribution in [1.29, 1.82) is 0 Å². The summed E-state index contributed by atoms with van der Waals surface area (Å²) in [5, 5.41) is 0. The smallest absolute Gasteiger partial charge is 0.254 e. The zero-order valence-corrected chi connectivity index (χ0v) is 10.9. The van der Waals surface area contributed by atoms with Gasteiger partial charge in [-0.3, -0.25) is 4.79 Å². The van der Waals surface area contributed by atoms with E-state index in [0.717, 1.165) is 47.7 Å². The van der Waals surface area contributed by atoms with E-state index >= 15 is 0 Å². The Morgan fingerprint density at radius 3 is 3.11 bits per heavy atom. The molecule has 1 aliphatic carbocycles. The fourth-order valence-electron chi connectivity index (χ4n) is 2.55. The molecule has 0 fully saturated rings. The molecule has 3 rings (SSSR count). The van der Waals surface area contributed by atoms with Crippen LogP contribution in [0.5, 0.6) is 5.75 Å². The number of hydrogen-bond donors (Lipinski definition) is 1. The fraction of sp³-hybridized carbons (Fsp3) is 0.333. The summed E-state index contributed by atoms with van der Waals surface area (Å²) in [5.41, 5.74) is 2.96. The minimum atomic E-state index is 0.0281. The van der Waals surface area contributed by atoms with Gasteiger partial charge in [0.1, 0.15) is 11.6 Å². The lowest BCUT2D eigenvalue weighted by molar-refractivity contribution is 0.414. The zero-order chi connectivity index (χ0) is 13.2. The van der Waals surface area contributed by atoms with Crippen LogP contribution in [0, 0.1) is 0 Å². The van der Waals surface area contributed by atoms with Gasteiger partial charge in [0.15, 0.2) is 0 Å². The van der Waals surface area contributed by atoms with Gasteiger partial charge in [0, 0.05) is 12.0 Å². The molecule has 4 heteroatoms. The van der Waals surface area contributed by atoms with Gasteiger partial charge >= 0.3 is 0 Å². The Hall–Kier alpha value is -2.10. The Morgan fingerprint density at radius 2 is 2.26 bits per heavy atom. The zero-order valence-electron chi connectivity index (χ0n) is 10.9. The quantitative estimate of drug-likeness (QED) is 0.912. The number of methoxy groups -OCH3 is 1. The molecule has 1 aromatic carbocycles. The van der Waals surface area contributed by atoms with E-state index < -0.39 is 0 Å². The Bertz CT molecular complexity index is 661. The topological polar surface area (TPSA) is 55.0 Å². The van der Waals surface area contributed by atoms with Crippen LogP contribution in [0.15, 0.2) is 29.1 Å². The van der Waals surface area contributed by atoms with Gasteiger partial charge in [0.05, 0.1) is 12.8 Å². The Labute approximate surface area is 111 Å². The molecular weight excluding hydrogens is 240 g/mol. The van der Waals surface area contributed by atoms with Crippen molar-refractivity contribution in [3.63, 3.8) is 0 Å². The van der Waals surface area contributed by atoms with Crippen LogP contribution in [0.1, 0.15) is 29.1 Å². The molecule has 1 N–H and O–H groups in total. The molecular formula is C15H16N2O2. The minimum Gasteiger partial charge on any atom is -0.497 e. The number of benzene rings is 1. The summed E-state index contributed by atoms with van der Waals surface area (Å²) in [6.45, 7) is 0. The second kappa shape index (κ2) is 4.88. The van der Waals surface area contributed by atoms with E-state index in [2.05, 4.69) is 9.97 Å². The predicted molar refractivity (Wildman–Crippen MR) is 72.7 cm³/mol. The van der Waals surface area contributed by atoms with E-state index in [1.54, 1.807) is 7.11 Å². The summed E-state index contributed by atoms with van der Waals surface area (Å²) in [7, 11) is 1.65. The highest BCUT2D eigenvalue weighted by Gasteiger charge is 2.17. The molecule has 0 radical (unpaired) electrons. The average molecular weight is 256 g/mol. The number of aryl methyl sites for hydroxylation is 1. The second-order valence-corrected chi connectivity index (χ2v) is 4.82. The van der Waals surface area contributed by atoms with Crippen molar-refractivity contribution in [3.05, 3.63) is 57.3 Å². The van der Waals surface area contributed by atoms with Gasteiger partial charge in [0.25, 0.3) is 5.56 Å². The van der Waals surface area contributed by atoms with Crippen LogP contribution in [-0.4, -0.2) is 17.1 Å². The molecule has 0 unspecified atom stereocenters. The molecule has 4 nitrogen and oxygen atoms in total. The van der Waals surface area contributed by atoms with Crippen molar-refractivity contribution < 1.29 is 4.74 Å².